The fraction of sp³-hybridized carbons (Fsp3) is 0.444. The number of carbonyl (C=O) groups excluding carboxylic acids is 1. The van der Waals surface area contributed by atoms with Gasteiger partial charge in [0.1, 0.15) is 11.2 Å². The second-order valence-corrected chi connectivity index (χ2v) is 13.0. The number of amides is 1. The number of thioether (sulfide) groups is 1. The van der Waals surface area contributed by atoms with Gasteiger partial charge in [0.25, 0.3) is 5.91 Å². The molecule has 2 atom stereocenters. The third-order valence-electron chi connectivity index (χ3n) is 6.90. The van der Waals surface area contributed by atoms with Crippen molar-refractivity contribution in [2.75, 3.05) is 25.5 Å². The average molecular weight is 610 g/mol. The molecule has 1 aliphatic heterocycles. The summed E-state index contributed by atoms with van der Waals surface area (Å²) in [4.78, 5) is 19.0. The molecule has 4 aromatic heterocycles. The predicted octanol–water partition coefficient (Wildman–Crippen LogP) is 6.01. The molecule has 0 aliphatic carbocycles. The van der Waals surface area contributed by atoms with Crippen molar-refractivity contribution in [1.29, 1.82) is 0 Å². The van der Waals surface area contributed by atoms with Crippen molar-refractivity contribution < 1.29 is 22.4 Å². The molecule has 1 saturated heterocycles. The third kappa shape index (κ3) is 6.70. The summed E-state index contributed by atoms with van der Waals surface area (Å²) >= 11 is 0.760. The number of halogens is 4. The maximum absolute atomic E-state index is 14.7. The number of rotatable bonds is 7. The van der Waals surface area contributed by atoms with Gasteiger partial charge in [-0.15, -0.1) is 0 Å². The molecule has 2 N–H and O–H groups in total. The van der Waals surface area contributed by atoms with E-state index >= 15 is 0 Å². The van der Waals surface area contributed by atoms with Crippen LogP contribution < -0.4 is 10.6 Å². The van der Waals surface area contributed by atoms with Crippen molar-refractivity contribution in [3.63, 3.8) is 0 Å². The number of hydrogen-bond donors (Lipinski definition) is 2. The SMILES string of the molecule is CN1CC[C@@H](Nc2cccn3c(SC(F)(F)F)c(-c4nsc(CNC(=O)c5ccn(C(C)(C)C)c5)n4)cc23)[C@@H](F)C1. The van der Waals surface area contributed by atoms with Gasteiger partial charge in [-0.3, -0.25) is 4.79 Å². The first-order valence-corrected chi connectivity index (χ1v) is 14.7. The van der Waals surface area contributed by atoms with Gasteiger partial charge in [-0.05, 0) is 70.0 Å². The Hall–Kier alpha value is -3.10. The topological polar surface area (TPSA) is 79.5 Å². The van der Waals surface area contributed by atoms with Crippen LogP contribution in [0.5, 0.6) is 0 Å². The van der Waals surface area contributed by atoms with Gasteiger partial charge in [0.15, 0.2) is 5.82 Å². The minimum absolute atomic E-state index is 0.0765. The lowest BCUT2D eigenvalue weighted by atomic mass is 10.0. The first kappa shape index (κ1) is 29.4. The Balaban J connectivity index is 1.40. The first-order valence-electron chi connectivity index (χ1n) is 13.1. The Morgan fingerprint density at radius 1 is 1.22 bits per heavy atom. The van der Waals surface area contributed by atoms with Crippen LogP contribution in [0, 0.1) is 0 Å². The van der Waals surface area contributed by atoms with Crippen LogP contribution in [0.4, 0.5) is 23.2 Å². The smallest absolute Gasteiger partial charge is 0.378 e. The van der Waals surface area contributed by atoms with Gasteiger partial charge < -0.3 is 24.5 Å². The highest BCUT2D eigenvalue weighted by atomic mass is 32.2. The summed E-state index contributed by atoms with van der Waals surface area (Å²) in [5, 5.41) is 6.38. The van der Waals surface area contributed by atoms with E-state index in [1.165, 1.54) is 10.6 Å². The molecule has 5 rings (SSSR count). The lowest BCUT2D eigenvalue weighted by Crippen LogP contribution is -2.46. The molecule has 5 heterocycles. The number of nitrogens with zero attached hydrogens (tertiary/aromatic N) is 5. The molecule has 0 spiro atoms. The van der Waals surface area contributed by atoms with E-state index in [0.29, 0.717) is 34.7 Å². The number of hydrogen-bond acceptors (Lipinski definition) is 7. The van der Waals surface area contributed by atoms with E-state index in [4.69, 9.17) is 0 Å². The summed E-state index contributed by atoms with van der Waals surface area (Å²) in [6.07, 6.45) is 4.59. The number of piperidine rings is 1. The quantitative estimate of drug-likeness (QED) is 0.197. The molecule has 220 valence electrons. The highest BCUT2D eigenvalue weighted by molar-refractivity contribution is 8.00. The van der Waals surface area contributed by atoms with Gasteiger partial charge in [-0.1, -0.05) is 0 Å². The van der Waals surface area contributed by atoms with Crippen LogP contribution in [-0.2, 0) is 12.1 Å². The van der Waals surface area contributed by atoms with Gasteiger partial charge in [-0.25, -0.2) is 9.37 Å². The van der Waals surface area contributed by atoms with E-state index in [9.17, 15) is 22.4 Å². The van der Waals surface area contributed by atoms with Crippen molar-refractivity contribution in [2.45, 2.75) is 62.0 Å². The van der Waals surface area contributed by atoms with Crippen molar-refractivity contribution in [1.82, 2.24) is 28.5 Å². The summed E-state index contributed by atoms with van der Waals surface area (Å²) in [7, 11) is 1.85. The lowest BCUT2D eigenvalue weighted by molar-refractivity contribution is -0.0329. The monoisotopic (exact) mass is 609 g/mol. The van der Waals surface area contributed by atoms with Crippen LogP contribution in [0.2, 0.25) is 0 Å². The molecule has 1 aliphatic rings. The number of likely N-dealkylation sites (tertiary alicyclic amines) is 1. The summed E-state index contributed by atoms with van der Waals surface area (Å²) in [6, 6.07) is 6.22. The second-order valence-electron chi connectivity index (χ2n) is 11.1. The van der Waals surface area contributed by atoms with Crippen LogP contribution in [0.3, 0.4) is 0 Å². The fourth-order valence-corrected chi connectivity index (χ4v) is 6.06. The molecule has 0 saturated carbocycles. The number of carbonyl (C=O) groups is 1. The van der Waals surface area contributed by atoms with Crippen molar-refractivity contribution in [2.24, 2.45) is 0 Å². The number of aromatic nitrogens is 4. The molecule has 1 fully saturated rings. The molecular formula is C27H31F4N7OS2. The van der Waals surface area contributed by atoms with Gasteiger partial charge in [0.2, 0.25) is 0 Å². The largest absolute Gasteiger partial charge is 0.447 e. The van der Waals surface area contributed by atoms with Crippen LogP contribution in [0.1, 0.15) is 42.6 Å². The normalized spacial score (nSPS) is 18.6. The maximum atomic E-state index is 14.7. The zero-order valence-electron chi connectivity index (χ0n) is 23.0. The third-order valence-corrected chi connectivity index (χ3v) is 8.45. The van der Waals surface area contributed by atoms with E-state index in [1.54, 1.807) is 30.5 Å². The molecule has 4 aromatic rings. The second kappa shape index (κ2) is 11.3. The van der Waals surface area contributed by atoms with Crippen molar-refractivity contribution in [3.8, 4) is 11.4 Å². The van der Waals surface area contributed by atoms with Crippen LogP contribution in [0.15, 0.2) is 47.9 Å². The molecule has 0 bridgehead atoms. The van der Waals surface area contributed by atoms with Crippen LogP contribution in [0.25, 0.3) is 16.9 Å². The standard InChI is InChI=1S/C27H31F4N7OS2/c1-26(2,3)37-11-7-16(14-37)24(39)32-13-22-34-23(35-41-22)17-12-21-20(33-19-8-10-36(4)15-18(19)28)6-5-9-38(21)25(17)40-27(29,30)31/h5-7,9,11-12,14,18-19,33H,8,10,13,15H2,1-4H3,(H,32,39)/t18-,19+/m0/s1. The van der Waals surface area contributed by atoms with E-state index in [0.717, 1.165) is 11.5 Å². The van der Waals surface area contributed by atoms with Gasteiger partial charge in [0, 0.05) is 49.0 Å². The summed E-state index contributed by atoms with van der Waals surface area (Å²) in [5.74, 6) is -0.161. The minimum Gasteiger partial charge on any atom is -0.378 e. The number of anilines is 1. The molecule has 1 amide bonds. The Labute approximate surface area is 243 Å². The molecule has 8 nitrogen and oxygen atoms in total. The number of alkyl halides is 4. The van der Waals surface area contributed by atoms with E-state index in [2.05, 4.69) is 20.0 Å². The minimum atomic E-state index is -4.55. The fourth-order valence-electron chi connectivity index (χ4n) is 4.73. The predicted molar refractivity (Wildman–Crippen MR) is 153 cm³/mol. The first-order chi connectivity index (χ1) is 19.3. The van der Waals surface area contributed by atoms with Crippen molar-refractivity contribution in [3.05, 3.63) is 53.4 Å². The zero-order valence-corrected chi connectivity index (χ0v) is 24.6. The Bertz CT molecular complexity index is 1540. The summed E-state index contributed by atoms with van der Waals surface area (Å²) < 4.78 is 63.4. The van der Waals surface area contributed by atoms with Crippen LogP contribution >= 0.6 is 23.3 Å². The number of nitrogens with one attached hydrogen (secondary N) is 2. The lowest BCUT2D eigenvalue weighted by Gasteiger charge is -2.33. The van der Waals surface area contributed by atoms with Gasteiger partial charge in [0.05, 0.1) is 39.9 Å². The number of pyridine rings is 1. The van der Waals surface area contributed by atoms with Crippen molar-refractivity contribution >= 4 is 40.4 Å². The number of fused-ring (bicyclic) bond motifs is 1. The molecule has 0 unspecified atom stereocenters. The molecular weight excluding hydrogens is 578 g/mol. The van der Waals surface area contributed by atoms with E-state index in [1.807, 2.05) is 43.5 Å². The zero-order chi connectivity index (χ0) is 29.5. The molecule has 0 radical (unpaired) electrons. The Morgan fingerprint density at radius 3 is 2.68 bits per heavy atom. The Morgan fingerprint density at radius 2 is 2.00 bits per heavy atom. The highest BCUT2D eigenvalue weighted by Crippen LogP contribution is 2.44. The molecule has 14 heteroatoms. The van der Waals surface area contributed by atoms with E-state index < -0.39 is 17.7 Å². The van der Waals surface area contributed by atoms with E-state index in [-0.39, 0.29) is 52.7 Å². The summed E-state index contributed by atoms with van der Waals surface area (Å²) in [6.45, 7) is 7.16. The van der Waals surface area contributed by atoms with Gasteiger partial charge in [-0.2, -0.15) is 17.5 Å². The Kier molecular flexibility index (Phi) is 8.09. The van der Waals surface area contributed by atoms with Gasteiger partial charge >= 0.3 is 5.51 Å². The highest BCUT2D eigenvalue weighted by Gasteiger charge is 2.34. The maximum Gasteiger partial charge on any atom is 0.447 e. The summed E-state index contributed by atoms with van der Waals surface area (Å²) in [5.41, 5.74) is -3.03. The molecule has 0 aromatic carbocycles. The molecule has 41 heavy (non-hydrogen) atoms. The van der Waals surface area contributed by atoms with Crippen LogP contribution in [-0.4, -0.2) is 67.0 Å². The average Bonchev–Trinajstić information content (AvgIpc) is 3.63.